The van der Waals surface area contributed by atoms with E-state index in [0.29, 0.717) is 19.6 Å². The Morgan fingerprint density at radius 2 is 2.12 bits per heavy atom. The van der Waals surface area contributed by atoms with Gasteiger partial charge in [-0.15, -0.1) is 0 Å². The van der Waals surface area contributed by atoms with Crippen LogP contribution in [-0.4, -0.2) is 65.5 Å². The van der Waals surface area contributed by atoms with Gasteiger partial charge in [-0.05, 0) is 24.1 Å². The number of piperazine rings is 1. The second kappa shape index (κ2) is 8.48. The lowest BCUT2D eigenvalue weighted by molar-refractivity contribution is -0.146. The maximum Gasteiger partial charge on any atom is 0.303 e. The normalized spacial score (nSPS) is 15.8. The van der Waals surface area contributed by atoms with Gasteiger partial charge in [0.05, 0.1) is 19.7 Å². The fourth-order valence-electron chi connectivity index (χ4n) is 2.69. The predicted octanol–water partition coefficient (Wildman–Crippen LogP) is 0.0581. The fraction of sp³-hybridized carbons (Fsp3) is 0.471. The van der Waals surface area contributed by atoms with E-state index in [-0.39, 0.29) is 31.2 Å². The van der Waals surface area contributed by atoms with Gasteiger partial charge in [-0.25, -0.2) is 0 Å². The number of rotatable bonds is 7. The van der Waals surface area contributed by atoms with Gasteiger partial charge < -0.3 is 25.4 Å². The minimum absolute atomic E-state index is 0.0381. The van der Waals surface area contributed by atoms with Crippen LogP contribution in [0.4, 0.5) is 0 Å². The summed E-state index contributed by atoms with van der Waals surface area (Å²) in [4.78, 5) is 38.2. The number of benzene rings is 1. The monoisotopic (exact) mass is 349 g/mol. The Balaban J connectivity index is 1.90. The third-order valence-electron chi connectivity index (χ3n) is 4.12. The molecule has 0 unspecified atom stereocenters. The zero-order valence-corrected chi connectivity index (χ0v) is 14.2. The number of aliphatic carboxylic acids is 1. The van der Waals surface area contributed by atoms with Crippen LogP contribution in [0.1, 0.15) is 18.4 Å². The molecule has 1 aromatic rings. The first kappa shape index (κ1) is 18.7. The lowest BCUT2D eigenvalue weighted by atomic mass is 10.1. The molecule has 2 rings (SSSR count). The van der Waals surface area contributed by atoms with Gasteiger partial charge in [0.15, 0.2) is 0 Å². The van der Waals surface area contributed by atoms with Crippen LogP contribution in [0.2, 0.25) is 0 Å². The molecule has 8 nitrogen and oxygen atoms in total. The molecule has 0 aromatic heterocycles. The molecule has 2 amide bonds. The van der Waals surface area contributed by atoms with Gasteiger partial charge in [-0.2, -0.15) is 0 Å². The highest BCUT2D eigenvalue weighted by molar-refractivity contribution is 5.88. The average Bonchev–Trinajstić information content (AvgIpc) is 2.60. The number of hydrogen-bond acceptors (Lipinski definition) is 5. The number of amides is 2. The standard InChI is InChI=1S/C17H23N3O5/c1-25-13-4-2-3-12(9-13)10-19-7-8-20(11-15(19)21)17(24)14(18)5-6-16(22)23/h2-4,9,14H,5-8,10-11,18H2,1H3,(H,22,23)/t14-/m0/s1. The topological polar surface area (TPSA) is 113 Å². The summed E-state index contributed by atoms with van der Waals surface area (Å²) >= 11 is 0. The molecule has 1 heterocycles. The molecule has 0 aliphatic carbocycles. The summed E-state index contributed by atoms with van der Waals surface area (Å²) in [6.45, 7) is 1.20. The smallest absolute Gasteiger partial charge is 0.303 e. The van der Waals surface area contributed by atoms with Crippen LogP contribution in [0.5, 0.6) is 5.75 Å². The maximum absolute atomic E-state index is 12.3. The van der Waals surface area contributed by atoms with Crippen molar-refractivity contribution < 1.29 is 24.2 Å². The molecular formula is C17H23N3O5. The number of hydrogen-bond donors (Lipinski definition) is 2. The number of carboxylic acid groups (broad SMARTS) is 1. The van der Waals surface area contributed by atoms with E-state index in [9.17, 15) is 14.4 Å². The molecule has 136 valence electrons. The molecular weight excluding hydrogens is 326 g/mol. The Morgan fingerprint density at radius 3 is 2.76 bits per heavy atom. The van der Waals surface area contributed by atoms with Gasteiger partial charge in [-0.1, -0.05) is 12.1 Å². The molecule has 3 N–H and O–H groups in total. The van der Waals surface area contributed by atoms with Gasteiger partial charge in [0.1, 0.15) is 5.75 Å². The first-order chi connectivity index (χ1) is 11.9. The van der Waals surface area contributed by atoms with Crippen molar-refractivity contribution in [1.29, 1.82) is 0 Å². The molecule has 0 spiro atoms. The average molecular weight is 349 g/mol. The second-order valence-electron chi connectivity index (χ2n) is 5.97. The van der Waals surface area contributed by atoms with Gasteiger partial charge in [-0.3, -0.25) is 14.4 Å². The Bertz CT molecular complexity index is 649. The van der Waals surface area contributed by atoms with E-state index >= 15 is 0 Å². The molecule has 0 saturated carbocycles. The van der Waals surface area contributed by atoms with E-state index in [1.807, 2.05) is 24.3 Å². The van der Waals surface area contributed by atoms with Crippen LogP contribution in [0.25, 0.3) is 0 Å². The molecule has 1 aliphatic heterocycles. The molecule has 1 aromatic carbocycles. The van der Waals surface area contributed by atoms with Crippen molar-refractivity contribution in [1.82, 2.24) is 9.80 Å². The highest BCUT2D eigenvalue weighted by Gasteiger charge is 2.29. The number of nitrogens with two attached hydrogens (primary N) is 1. The van der Waals surface area contributed by atoms with Crippen molar-refractivity contribution in [3.8, 4) is 5.75 Å². The van der Waals surface area contributed by atoms with Gasteiger partial charge in [0, 0.05) is 26.1 Å². The number of carbonyl (C=O) groups excluding carboxylic acids is 2. The third kappa shape index (κ3) is 5.18. The minimum atomic E-state index is -0.998. The Hall–Kier alpha value is -2.61. The fourth-order valence-corrected chi connectivity index (χ4v) is 2.69. The van der Waals surface area contributed by atoms with Crippen molar-refractivity contribution in [2.24, 2.45) is 5.73 Å². The SMILES string of the molecule is COc1cccc(CN2CCN(C(=O)[C@@H](N)CCC(=O)O)CC2=O)c1. The summed E-state index contributed by atoms with van der Waals surface area (Å²) in [6.07, 6.45) is -0.108. The Morgan fingerprint density at radius 1 is 1.36 bits per heavy atom. The molecule has 1 fully saturated rings. The number of nitrogens with zero attached hydrogens (tertiary/aromatic N) is 2. The second-order valence-corrected chi connectivity index (χ2v) is 5.97. The molecule has 0 bridgehead atoms. The van der Waals surface area contributed by atoms with Crippen LogP contribution in [0, 0.1) is 0 Å². The molecule has 1 saturated heterocycles. The van der Waals surface area contributed by atoms with E-state index in [2.05, 4.69) is 0 Å². The first-order valence-corrected chi connectivity index (χ1v) is 8.07. The minimum Gasteiger partial charge on any atom is -0.497 e. The number of carboxylic acids is 1. The summed E-state index contributed by atoms with van der Waals surface area (Å²) < 4.78 is 5.17. The largest absolute Gasteiger partial charge is 0.497 e. The highest BCUT2D eigenvalue weighted by atomic mass is 16.5. The summed E-state index contributed by atoms with van der Waals surface area (Å²) in [5, 5.41) is 8.66. The van der Waals surface area contributed by atoms with Crippen molar-refractivity contribution in [3.63, 3.8) is 0 Å². The summed E-state index contributed by atoms with van der Waals surface area (Å²) in [7, 11) is 1.59. The van der Waals surface area contributed by atoms with Crippen molar-refractivity contribution in [2.45, 2.75) is 25.4 Å². The molecule has 8 heteroatoms. The summed E-state index contributed by atoms with van der Waals surface area (Å²) in [5.74, 6) is -0.811. The van der Waals surface area contributed by atoms with Crippen LogP contribution < -0.4 is 10.5 Å². The highest BCUT2D eigenvalue weighted by Crippen LogP contribution is 2.16. The molecule has 1 aliphatic rings. The summed E-state index contributed by atoms with van der Waals surface area (Å²) in [5.41, 5.74) is 6.69. The van der Waals surface area contributed by atoms with E-state index in [1.54, 1.807) is 12.0 Å². The lowest BCUT2D eigenvalue weighted by Crippen LogP contribution is -2.55. The van der Waals surface area contributed by atoms with Crippen LogP contribution in [0.3, 0.4) is 0 Å². The van der Waals surface area contributed by atoms with Crippen LogP contribution in [-0.2, 0) is 20.9 Å². The van der Waals surface area contributed by atoms with E-state index in [1.165, 1.54) is 4.90 Å². The van der Waals surface area contributed by atoms with Crippen LogP contribution in [0.15, 0.2) is 24.3 Å². The Labute approximate surface area is 146 Å². The zero-order valence-electron chi connectivity index (χ0n) is 14.2. The Kier molecular flexibility index (Phi) is 6.35. The molecule has 1 atom stereocenters. The van der Waals surface area contributed by atoms with Crippen molar-refractivity contribution >= 4 is 17.8 Å². The van der Waals surface area contributed by atoms with Gasteiger partial charge in [0.2, 0.25) is 11.8 Å². The summed E-state index contributed by atoms with van der Waals surface area (Å²) in [6, 6.07) is 6.58. The van der Waals surface area contributed by atoms with E-state index in [0.717, 1.165) is 11.3 Å². The van der Waals surface area contributed by atoms with Gasteiger partial charge in [0.25, 0.3) is 0 Å². The van der Waals surface area contributed by atoms with Gasteiger partial charge >= 0.3 is 5.97 Å². The lowest BCUT2D eigenvalue weighted by Gasteiger charge is -2.35. The third-order valence-corrected chi connectivity index (χ3v) is 4.12. The van der Waals surface area contributed by atoms with E-state index < -0.39 is 12.0 Å². The van der Waals surface area contributed by atoms with Crippen molar-refractivity contribution in [2.75, 3.05) is 26.7 Å². The molecule has 0 radical (unpaired) electrons. The van der Waals surface area contributed by atoms with E-state index in [4.69, 9.17) is 15.6 Å². The number of methoxy groups -OCH3 is 1. The van der Waals surface area contributed by atoms with Crippen LogP contribution >= 0.6 is 0 Å². The molecule has 25 heavy (non-hydrogen) atoms. The zero-order chi connectivity index (χ0) is 18.4. The number of carbonyl (C=O) groups is 3. The maximum atomic E-state index is 12.3. The number of ether oxygens (including phenoxy) is 1. The quantitative estimate of drug-likeness (QED) is 0.719. The predicted molar refractivity (Wildman–Crippen MR) is 89.8 cm³/mol. The first-order valence-electron chi connectivity index (χ1n) is 8.07. The van der Waals surface area contributed by atoms with Crippen molar-refractivity contribution in [3.05, 3.63) is 29.8 Å².